The van der Waals surface area contributed by atoms with Crippen molar-refractivity contribution in [3.63, 3.8) is 0 Å². The van der Waals surface area contributed by atoms with Crippen LogP contribution in [0, 0.1) is 0 Å². The van der Waals surface area contributed by atoms with Gasteiger partial charge in [0.05, 0.1) is 13.1 Å². The number of β-amino-alcohol motifs (C(OH)–C–C–N with tert-alkyl or cyclic N) is 1. The molecule has 10 heteroatoms. The van der Waals surface area contributed by atoms with Crippen LogP contribution in [-0.2, 0) is 21.6 Å². The SMILES string of the molecule is CCc1noc([C@@]2(O)CCN(C(=O)CNC(=O)c3ccc(N4CCCC4=O)cc3)C2)n1. The highest BCUT2D eigenvalue weighted by Crippen LogP contribution is 2.30. The molecule has 3 amide bonds. The Kier molecular flexibility index (Phi) is 5.73. The van der Waals surface area contributed by atoms with Crippen LogP contribution in [0.4, 0.5) is 5.69 Å². The molecule has 2 saturated heterocycles. The normalized spacial score (nSPS) is 21.0. The molecule has 2 fully saturated rings. The maximum absolute atomic E-state index is 12.5. The average Bonchev–Trinajstić information content (AvgIpc) is 3.52. The largest absolute Gasteiger partial charge is 0.378 e. The van der Waals surface area contributed by atoms with E-state index in [2.05, 4.69) is 15.5 Å². The molecule has 0 aliphatic carbocycles. The average molecular weight is 427 g/mol. The number of carbonyl (C=O) groups excluding carboxylic acids is 3. The van der Waals surface area contributed by atoms with Gasteiger partial charge in [-0.25, -0.2) is 0 Å². The second kappa shape index (κ2) is 8.46. The van der Waals surface area contributed by atoms with Crippen molar-refractivity contribution in [2.24, 2.45) is 0 Å². The van der Waals surface area contributed by atoms with Gasteiger partial charge in [-0.15, -0.1) is 0 Å². The molecular formula is C21H25N5O5. The smallest absolute Gasteiger partial charge is 0.260 e. The van der Waals surface area contributed by atoms with Gasteiger partial charge < -0.3 is 24.7 Å². The molecule has 0 radical (unpaired) electrons. The molecule has 2 N–H and O–H groups in total. The maximum Gasteiger partial charge on any atom is 0.260 e. The van der Waals surface area contributed by atoms with E-state index in [9.17, 15) is 19.5 Å². The number of aryl methyl sites for hydroxylation is 1. The van der Waals surface area contributed by atoms with E-state index in [1.807, 2.05) is 6.92 Å². The summed E-state index contributed by atoms with van der Waals surface area (Å²) in [6, 6.07) is 6.73. The Morgan fingerprint density at radius 1 is 1.26 bits per heavy atom. The van der Waals surface area contributed by atoms with Gasteiger partial charge >= 0.3 is 0 Å². The van der Waals surface area contributed by atoms with Crippen molar-refractivity contribution in [1.82, 2.24) is 20.4 Å². The van der Waals surface area contributed by atoms with Crippen LogP contribution in [0.2, 0.25) is 0 Å². The summed E-state index contributed by atoms with van der Waals surface area (Å²) in [5.74, 6) is 0.00560. The Hall–Kier alpha value is -3.27. The molecule has 0 spiro atoms. The first-order chi connectivity index (χ1) is 14.9. The first-order valence-electron chi connectivity index (χ1n) is 10.4. The van der Waals surface area contributed by atoms with E-state index in [0.717, 1.165) is 12.1 Å². The van der Waals surface area contributed by atoms with Gasteiger partial charge in [0.25, 0.3) is 11.8 Å². The predicted molar refractivity (Wildman–Crippen MR) is 109 cm³/mol. The topological polar surface area (TPSA) is 129 Å². The number of hydrogen-bond donors (Lipinski definition) is 2. The molecule has 0 saturated carbocycles. The number of benzene rings is 1. The Labute approximate surface area is 179 Å². The number of likely N-dealkylation sites (tertiary alicyclic amines) is 1. The summed E-state index contributed by atoms with van der Waals surface area (Å²) in [6.45, 7) is 2.74. The minimum atomic E-state index is -1.37. The van der Waals surface area contributed by atoms with Crippen LogP contribution in [0.1, 0.15) is 48.3 Å². The summed E-state index contributed by atoms with van der Waals surface area (Å²) in [5.41, 5.74) is -0.207. The third-order valence-electron chi connectivity index (χ3n) is 5.70. The minimum absolute atomic E-state index is 0.0333. The van der Waals surface area contributed by atoms with Gasteiger partial charge in [0.1, 0.15) is 0 Å². The molecule has 164 valence electrons. The minimum Gasteiger partial charge on any atom is -0.378 e. The monoisotopic (exact) mass is 427 g/mol. The van der Waals surface area contributed by atoms with Crippen molar-refractivity contribution in [2.45, 2.75) is 38.2 Å². The van der Waals surface area contributed by atoms with Crippen LogP contribution in [0.3, 0.4) is 0 Å². The number of carbonyl (C=O) groups is 3. The van der Waals surface area contributed by atoms with Crippen molar-refractivity contribution < 1.29 is 24.0 Å². The van der Waals surface area contributed by atoms with E-state index in [1.165, 1.54) is 4.90 Å². The van der Waals surface area contributed by atoms with Crippen molar-refractivity contribution in [3.05, 3.63) is 41.5 Å². The highest BCUT2D eigenvalue weighted by atomic mass is 16.5. The second-order valence-corrected chi connectivity index (χ2v) is 7.84. The van der Waals surface area contributed by atoms with Crippen LogP contribution in [0.5, 0.6) is 0 Å². The molecule has 4 rings (SSSR count). The van der Waals surface area contributed by atoms with Gasteiger partial charge in [-0.2, -0.15) is 4.98 Å². The van der Waals surface area contributed by atoms with E-state index in [1.54, 1.807) is 29.2 Å². The number of aromatic nitrogens is 2. The molecule has 2 aromatic rings. The van der Waals surface area contributed by atoms with Crippen molar-refractivity contribution in [1.29, 1.82) is 0 Å². The second-order valence-electron chi connectivity index (χ2n) is 7.84. The first-order valence-corrected chi connectivity index (χ1v) is 10.4. The highest BCUT2D eigenvalue weighted by Gasteiger charge is 2.44. The van der Waals surface area contributed by atoms with Crippen LogP contribution >= 0.6 is 0 Å². The lowest BCUT2D eigenvalue weighted by Gasteiger charge is -2.20. The van der Waals surface area contributed by atoms with Gasteiger partial charge in [-0.3, -0.25) is 14.4 Å². The third-order valence-corrected chi connectivity index (χ3v) is 5.70. The molecule has 0 unspecified atom stereocenters. The molecule has 31 heavy (non-hydrogen) atoms. The predicted octanol–water partition coefficient (Wildman–Crippen LogP) is 0.609. The van der Waals surface area contributed by atoms with Gasteiger partial charge in [0.15, 0.2) is 11.4 Å². The molecule has 10 nitrogen and oxygen atoms in total. The maximum atomic E-state index is 12.5. The lowest BCUT2D eigenvalue weighted by atomic mass is 10.0. The molecule has 2 aliphatic rings. The van der Waals surface area contributed by atoms with Gasteiger partial charge in [0, 0.05) is 43.6 Å². The Morgan fingerprint density at radius 2 is 2.03 bits per heavy atom. The standard InChI is InChI=1S/C21H25N5O5/c1-2-16-23-20(31-24-16)21(30)9-11-25(13-21)18(28)12-22-19(29)14-5-7-15(8-6-14)26-10-3-4-17(26)27/h5-8,30H,2-4,9-13H2,1H3,(H,22,29)/t21-/m1/s1. The summed E-state index contributed by atoms with van der Waals surface area (Å²) in [7, 11) is 0. The van der Waals surface area contributed by atoms with E-state index in [0.29, 0.717) is 37.3 Å². The quantitative estimate of drug-likeness (QED) is 0.691. The lowest BCUT2D eigenvalue weighted by Crippen LogP contribution is -2.41. The fourth-order valence-corrected chi connectivity index (χ4v) is 3.85. The first kappa shape index (κ1) is 21.0. The molecule has 0 bridgehead atoms. The van der Waals surface area contributed by atoms with Gasteiger partial charge in [-0.05, 0) is 30.7 Å². The third kappa shape index (κ3) is 4.29. The summed E-state index contributed by atoms with van der Waals surface area (Å²) < 4.78 is 5.14. The summed E-state index contributed by atoms with van der Waals surface area (Å²) in [5, 5.41) is 17.2. The lowest BCUT2D eigenvalue weighted by molar-refractivity contribution is -0.130. The zero-order valence-electron chi connectivity index (χ0n) is 17.3. The van der Waals surface area contributed by atoms with Crippen LogP contribution < -0.4 is 10.2 Å². The number of rotatable bonds is 6. The Bertz CT molecular complexity index is 988. The van der Waals surface area contributed by atoms with E-state index in [4.69, 9.17) is 4.52 Å². The van der Waals surface area contributed by atoms with Crippen molar-refractivity contribution >= 4 is 23.4 Å². The molecule has 1 aromatic heterocycles. The number of nitrogens with one attached hydrogen (secondary N) is 1. The molecule has 1 atom stereocenters. The number of nitrogens with zero attached hydrogens (tertiary/aromatic N) is 4. The number of aliphatic hydroxyl groups is 1. The summed E-state index contributed by atoms with van der Waals surface area (Å²) in [6.07, 6.45) is 2.25. The Morgan fingerprint density at radius 3 is 2.68 bits per heavy atom. The zero-order chi connectivity index (χ0) is 22.0. The molecular weight excluding hydrogens is 402 g/mol. The van der Waals surface area contributed by atoms with Crippen molar-refractivity contribution in [2.75, 3.05) is 31.1 Å². The van der Waals surface area contributed by atoms with Crippen LogP contribution in [0.15, 0.2) is 28.8 Å². The Balaban J connectivity index is 1.30. The van der Waals surface area contributed by atoms with Crippen LogP contribution in [-0.4, -0.2) is 64.0 Å². The molecule has 1 aromatic carbocycles. The highest BCUT2D eigenvalue weighted by molar-refractivity contribution is 5.98. The van der Waals surface area contributed by atoms with Gasteiger partial charge in [-0.1, -0.05) is 12.1 Å². The summed E-state index contributed by atoms with van der Waals surface area (Å²) >= 11 is 0. The van der Waals surface area contributed by atoms with E-state index >= 15 is 0 Å². The number of amides is 3. The fourth-order valence-electron chi connectivity index (χ4n) is 3.85. The van der Waals surface area contributed by atoms with E-state index < -0.39 is 5.60 Å². The number of anilines is 1. The molecule has 2 aliphatic heterocycles. The van der Waals surface area contributed by atoms with Crippen LogP contribution in [0.25, 0.3) is 0 Å². The zero-order valence-corrected chi connectivity index (χ0v) is 17.3. The number of hydrogen-bond acceptors (Lipinski definition) is 7. The fraction of sp³-hybridized carbons (Fsp3) is 0.476. The molecule has 3 heterocycles. The summed E-state index contributed by atoms with van der Waals surface area (Å²) in [4.78, 5) is 44.1. The van der Waals surface area contributed by atoms with E-state index in [-0.39, 0.29) is 43.1 Å². The van der Waals surface area contributed by atoms with Gasteiger partial charge in [0.2, 0.25) is 11.8 Å². The van der Waals surface area contributed by atoms with Crippen molar-refractivity contribution in [3.8, 4) is 0 Å².